The average molecular weight is 234 g/mol. The number of nitriles is 1. The molecule has 0 radical (unpaired) electrons. The van der Waals surface area contributed by atoms with Crippen LogP contribution in [0.25, 0.3) is 16.6 Å². The summed E-state index contributed by atoms with van der Waals surface area (Å²) >= 11 is 0. The zero-order chi connectivity index (χ0) is 12.5. The lowest BCUT2D eigenvalue weighted by atomic mass is 10.1. The van der Waals surface area contributed by atoms with Gasteiger partial charge in [-0.1, -0.05) is 18.2 Å². The van der Waals surface area contributed by atoms with E-state index >= 15 is 0 Å². The number of benzene rings is 1. The van der Waals surface area contributed by atoms with Gasteiger partial charge in [0.25, 0.3) is 0 Å². The second-order valence-corrected chi connectivity index (χ2v) is 4.05. The molecule has 2 heterocycles. The third kappa shape index (κ3) is 1.54. The molecule has 0 saturated heterocycles. The van der Waals surface area contributed by atoms with Crippen LogP contribution in [0.1, 0.15) is 11.3 Å². The molecule has 0 spiro atoms. The fourth-order valence-corrected chi connectivity index (χ4v) is 2.00. The first-order valence-electron chi connectivity index (χ1n) is 5.60. The van der Waals surface area contributed by atoms with Gasteiger partial charge in [0.05, 0.1) is 22.5 Å². The highest BCUT2D eigenvalue weighted by molar-refractivity contribution is 5.89. The largest absolute Gasteiger partial charge is 0.255 e. The van der Waals surface area contributed by atoms with E-state index in [1.165, 1.54) is 0 Å². The maximum absolute atomic E-state index is 9.21. The molecule has 3 rings (SSSR count). The Hall–Kier alpha value is -2.67. The van der Waals surface area contributed by atoms with Crippen molar-refractivity contribution in [3.05, 3.63) is 54.0 Å². The highest BCUT2D eigenvalue weighted by Crippen LogP contribution is 2.23. The van der Waals surface area contributed by atoms with Crippen LogP contribution in [-0.4, -0.2) is 14.8 Å². The third-order valence-corrected chi connectivity index (χ3v) is 2.82. The lowest BCUT2D eigenvalue weighted by Gasteiger charge is -2.07. The molecular formula is C14H10N4. The molecule has 0 bridgehead atoms. The second-order valence-electron chi connectivity index (χ2n) is 4.05. The van der Waals surface area contributed by atoms with Crippen LogP contribution >= 0.6 is 0 Å². The molecule has 0 N–H and O–H groups in total. The predicted molar refractivity (Wildman–Crippen MR) is 68.3 cm³/mol. The fraction of sp³-hybridized carbons (Fsp3) is 0.0714. The normalized spacial score (nSPS) is 10.4. The van der Waals surface area contributed by atoms with E-state index in [0.29, 0.717) is 5.56 Å². The van der Waals surface area contributed by atoms with E-state index in [4.69, 9.17) is 0 Å². The molecule has 0 aliphatic carbocycles. The number of nitrogens with zero attached hydrogens (tertiary/aromatic N) is 4. The number of fused-ring (bicyclic) bond motifs is 1. The van der Waals surface area contributed by atoms with Crippen molar-refractivity contribution in [2.24, 2.45) is 0 Å². The molecule has 4 nitrogen and oxygen atoms in total. The van der Waals surface area contributed by atoms with E-state index in [0.717, 1.165) is 22.3 Å². The lowest BCUT2D eigenvalue weighted by Crippen LogP contribution is -2.01. The summed E-state index contributed by atoms with van der Waals surface area (Å²) < 4.78 is 1.73. The minimum Gasteiger partial charge on any atom is -0.255 e. The zero-order valence-corrected chi connectivity index (χ0v) is 9.83. The summed E-state index contributed by atoms with van der Waals surface area (Å²) in [5.74, 6) is 0. The van der Waals surface area contributed by atoms with Gasteiger partial charge in [0.2, 0.25) is 0 Å². The maximum Gasteiger partial charge on any atom is 0.103 e. The van der Waals surface area contributed by atoms with Gasteiger partial charge in [-0.3, -0.25) is 4.98 Å². The van der Waals surface area contributed by atoms with E-state index in [-0.39, 0.29) is 0 Å². The van der Waals surface area contributed by atoms with Gasteiger partial charge < -0.3 is 0 Å². The molecule has 0 atom stereocenters. The standard InChI is InChI=1S/C14H10N4/c1-10-6-7-18(17-10)14-11(8-15)9-16-13-5-3-2-4-12(13)14/h2-7,9H,1H3. The van der Waals surface area contributed by atoms with E-state index in [1.807, 2.05) is 43.5 Å². The number of aromatic nitrogens is 3. The molecule has 0 aliphatic rings. The summed E-state index contributed by atoms with van der Waals surface area (Å²) in [6.45, 7) is 1.92. The van der Waals surface area contributed by atoms with Gasteiger partial charge in [0, 0.05) is 17.8 Å². The van der Waals surface area contributed by atoms with Crippen molar-refractivity contribution in [3.63, 3.8) is 0 Å². The molecule has 0 fully saturated rings. The smallest absolute Gasteiger partial charge is 0.103 e. The van der Waals surface area contributed by atoms with Crippen molar-refractivity contribution < 1.29 is 0 Å². The first kappa shape index (κ1) is 10.5. The van der Waals surface area contributed by atoms with Gasteiger partial charge in [-0.2, -0.15) is 10.4 Å². The van der Waals surface area contributed by atoms with Gasteiger partial charge in [0.15, 0.2) is 0 Å². The average Bonchev–Trinajstić information content (AvgIpc) is 2.83. The van der Waals surface area contributed by atoms with Crippen molar-refractivity contribution in [1.82, 2.24) is 14.8 Å². The summed E-state index contributed by atoms with van der Waals surface area (Å²) in [7, 11) is 0. The third-order valence-electron chi connectivity index (χ3n) is 2.82. The number of hydrogen-bond acceptors (Lipinski definition) is 3. The maximum atomic E-state index is 9.21. The highest BCUT2D eigenvalue weighted by Gasteiger charge is 2.11. The Morgan fingerprint density at radius 2 is 2.06 bits per heavy atom. The van der Waals surface area contributed by atoms with Crippen molar-refractivity contribution in [2.75, 3.05) is 0 Å². The Kier molecular flexibility index (Phi) is 2.31. The molecule has 2 aromatic heterocycles. The summed E-state index contributed by atoms with van der Waals surface area (Å²) in [4.78, 5) is 4.28. The molecule has 0 saturated carbocycles. The van der Waals surface area contributed by atoms with Crippen LogP contribution in [0.15, 0.2) is 42.7 Å². The SMILES string of the molecule is Cc1ccn(-c2c(C#N)cnc3ccccc23)n1. The molecular weight excluding hydrogens is 224 g/mol. The quantitative estimate of drug-likeness (QED) is 0.650. The number of hydrogen-bond donors (Lipinski definition) is 0. The van der Waals surface area contributed by atoms with E-state index in [2.05, 4.69) is 16.2 Å². The van der Waals surface area contributed by atoms with Crippen LogP contribution < -0.4 is 0 Å². The number of para-hydroxylation sites is 1. The van der Waals surface area contributed by atoms with Crippen molar-refractivity contribution in [3.8, 4) is 11.8 Å². The van der Waals surface area contributed by atoms with Gasteiger partial charge in [-0.05, 0) is 19.1 Å². The van der Waals surface area contributed by atoms with Gasteiger partial charge in [0.1, 0.15) is 6.07 Å². The lowest BCUT2D eigenvalue weighted by molar-refractivity contribution is 0.865. The van der Waals surface area contributed by atoms with Gasteiger partial charge in [-0.25, -0.2) is 4.68 Å². The van der Waals surface area contributed by atoms with Crippen molar-refractivity contribution in [1.29, 1.82) is 5.26 Å². The molecule has 0 amide bonds. The first-order chi connectivity index (χ1) is 8.79. The Morgan fingerprint density at radius 1 is 1.22 bits per heavy atom. The number of rotatable bonds is 1. The molecule has 0 unspecified atom stereocenters. The Bertz CT molecular complexity index is 765. The Balaban J connectivity index is 2.41. The first-order valence-corrected chi connectivity index (χ1v) is 5.60. The van der Waals surface area contributed by atoms with Gasteiger partial charge in [-0.15, -0.1) is 0 Å². The minimum atomic E-state index is 0.525. The molecule has 4 heteroatoms. The van der Waals surface area contributed by atoms with Crippen molar-refractivity contribution >= 4 is 10.9 Å². The van der Waals surface area contributed by atoms with Crippen molar-refractivity contribution in [2.45, 2.75) is 6.92 Å². The predicted octanol–water partition coefficient (Wildman–Crippen LogP) is 2.60. The Labute approximate surface area is 104 Å². The summed E-state index contributed by atoms with van der Waals surface area (Å²) in [6, 6.07) is 11.8. The van der Waals surface area contributed by atoms with Crippen LogP contribution in [0.2, 0.25) is 0 Å². The fourth-order valence-electron chi connectivity index (χ4n) is 2.00. The zero-order valence-electron chi connectivity index (χ0n) is 9.83. The number of aryl methyl sites for hydroxylation is 1. The van der Waals surface area contributed by atoms with E-state index in [9.17, 15) is 5.26 Å². The molecule has 3 aromatic rings. The summed E-state index contributed by atoms with van der Waals surface area (Å²) in [6.07, 6.45) is 3.45. The molecule has 1 aromatic carbocycles. The van der Waals surface area contributed by atoms with Crippen LogP contribution in [-0.2, 0) is 0 Å². The Morgan fingerprint density at radius 3 is 2.78 bits per heavy atom. The monoisotopic (exact) mass is 234 g/mol. The van der Waals surface area contributed by atoms with Gasteiger partial charge >= 0.3 is 0 Å². The van der Waals surface area contributed by atoms with E-state index < -0.39 is 0 Å². The molecule has 86 valence electrons. The minimum absolute atomic E-state index is 0.525. The van der Waals surface area contributed by atoms with Crippen LogP contribution in [0.3, 0.4) is 0 Å². The molecule has 18 heavy (non-hydrogen) atoms. The number of pyridine rings is 1. The summed E-state index contributed by atoms with van der Waals surface area (Å²) in [5.41, 5.74) is 3.09. The topological polar surface area (TPSA) is 54.5 Å². The highest BCUT2D eigenvalue weighted by atomic mass is 15.3. The van der Waals surface area contributed by atoms with Crippen LogP contribution in [0.4, 0.5) is 0 Å². The molecule has 0 aliphatic heterocycles. The summed E-state index contributed by atoms with van der Waals surface area (Å²) in [5, 5.41) is 14.5. The second kappa shape index (κ2) is 3.97. The van der Waals surface area contributed by atoms with Crippen LogP contribution in [0.5, 0.6) is 0 Å². The van der Waals surface area contributed by atoms with Crippen LogP contribution in [0, 0.1) is 18.3 Å². The van der Waals surface area contributed by atoms with E-state index in [1.54, 1.807) is 10.9 Å².